The van der Waals surface area contributed by atoms with Crippen LogP contribution in [0, 0.1) is 12.7 Å². The van der Waals surface area contributed by atoms with Gasteiger partial charge in [0.25, 0.3) is 5.91 Å². The number of ether oxygens (including phenoxy) is 2. The predicted octanol–water partition coefficient (Wildman–Crippen LogP) is 3.32. The molecule has 1 unspecified atom stereocenters. The summed E-state index contributed by atoms with van der Waals surface area (Å²) in [5.74, 6) is -0.523. The molecule has 2 aromatic rings. The summed E-state index contributed by atoms with van der Waals surface area (Å²) < 4.78 is 24.2. The van der Waals surface area contributed by atoms with Gasteiger partial charge < -0.3 is 14.4 Å². The molecule has 1 aromatic heterocycles. The zero-order valence-electron chi connectivity index (χ0n) is 14.1. The van der Waals surface area contributed by atoms with Gasteiger partial charge in [-0.25, -0.2) is 9.37 Å². The Morgan fingerprint density at radius 2 is 2.24 bits per heavy atom. The molecule has 0 N–H and O–H groups in total. The molecule has 3 rings (SSSR count). The highest BCUT2D eigenvalue weighted by Crippen LogP contribution is 2.20. The third kappa shape index (κ3) is 5.07. The van der Waals surface area contributed by atoms with Crippen molar-refractivity contribution in [2.75, 3.05) is 24.7 Å². The Labute approximate surface area is 150 Å². The lowest BCUT2D eigenvalue weighted by molar-refractivity contribution is -0.124. The summed E-state index contributed by atoms with van der Waals surface area (Å²) in [5.41, 5.74) is 1.43. The average Bonchev–Trinajstić information content (AvgIpc) is 3.25. The van der Waals surface area contributed by atoms with Crippen molar-refractivity contribution < 1.29 is 18.7 Å². The molecule has 7 heteroatoms. The van der Waals surface area contributed by atoms with Crippen molar-refractivity contribution in [3.05, 3.63) is 46.2 Å². The summed E-state index contributed by atoms with van der Waals surface area (Å²) >= 11 is 1.53. The Balaban J connectivity index is 1.65. The molecule has 25 heavy (non-hydrogen) atoms. The van der Waals surface area contributed by atoms with Crippen LogP contribution in [0.2, 0.25) is 0 Å². The summed E-state index contributed by atoms with van der Waals surface area (Å²) in [7, 11) is 0. The fraction of sp³-hybridized carbons (Fsp3) is 0.444. The Hall–Kier alpha value is -1.83. The van der Waals surface area contributed by atoms with Gasteiger partial charge in [-0.1, -0.05) is 0 Å². The largest absolute Gasteiger partial charge is 0.376 e. The van der Waals surface area contributed by atoms with Crippen LogP contribution in [-0.4, -0.2) is 36.8 Å². The zero-order valence-corrected chi connectivity index (χ0v) is 14.9. The topological polar surface area (TPSA) is 51.7 Å². The second kappa shape index (κ2) is 8.51. The minimum Gasteiger partial charge on any atom is -0.376 e. The number of anilines is 1. The summed E-state index contributed by atoms with van der Waals surface area (Å²) in [6.45, 7) is 3.38. The van der Waals surface area contributed by atoms with Crippen LogP contribution in [0.25, 0.3) is 0 Å². The quantitative estimate of drug-likeness (QED) is 0.756. The van der Waals surface area contributed by atoms with Crippen LogP contribution in [0.15, 0.2) is 29.6 Å². The van der Waals surface area contributed by atoms with Crippen molar-refractivity contribution in [1.29, 1.82) is 0 Å². The van der Waals surface area contributed by atoms with Gasteiger partial charge >= 0.3 is 0 Å². The predicted molar refractivity (Wildman–Crippen MR) is 94.2 cm³/mol. The number of carbonyl (C=O) groups is 1. The molecule has 0 spiro atoms. The molecule has 1 aliphatic rings. The van der Waals surface area contributed by atoms with Gasteiger partial charge in [0.2, 0.25) is 0 Å². The second-order valence-corrected chi connectivity index (χ2v) is 7.03. The first-order valence-electron chi connectivity index (χ1n) is 8.28. The van der Waals surface area contributed by atoms with Crippen LogP contribution in [0.3, 0.4) is 0 Å². The third-order valence-corrected chi connectivity index (χ3v) is 4.80. The minimum absolute atomic E-state index is 0.0413. The van der Waals surface area contributed by atoms with Crippen LogP contribution in [0.4, 0.5) is 10.1 Å². The number of thiazole rings is 1. The number of carbonyl (C=O) groups excluding carboxylic acids is 1. The smallest absolute Gasteiger partial charge is 0.253 e. The molecule has 1 aliphatic heterocycles. The number of aromatic nitrogens is 1. The molecule has 1 aromatic carbocycles. The van der Waals surface area contributed by atoms with E-state index in [0.717, 1.165) is 30.2 Å². The van der Waals surface area contributed by atoms with E-state index in [1.54, 1.807) is 17.0 Å². The van der Waals surface area contributed by atoms with Crippen LogP contribution < -0.4 is 4.90 Å². The first kappa shape index (κ1) is 18.0. The van der Waals surface area contributed by atoms with E-state index in [-0.39, 0.29) is 24.4 Å². The molecular formula is C18H21FN2O3S. The fourth-order valence-electron chi connectivity index (χ4n) is 2.72. The SMILES string of the molecule is Cc1nc(CN(C(=O)COCC2CCCO2)c2ccc(F)cc2)cs1. The maximum absolute atomic E-state index is 13.2. The van der Waals surface area contributed by atoms with Crippen molar-refractivity contribution in [2.24, 2.45) is 0 Å². The molecule has 0 radical (unpaired) electrons. The Morgan fingerprint density at radius 1 is 1.44 bits per heavy atom. The monoisotopic (exact) mass is 364 g/mol. The number of hydrogen-bond acceptors (Lipinski definition) is 5. The Morgan fingerprint density at radius 3 is 2.88 bits per heavy atom. The van der Waals surface area contributed by atoms with Crippen molar-refractivity contribution in [3.63, 3.8) is 0 Å². The fourth-order valence-corrected chi connectivity index (χ4v) is 3.32. The molecule has 0 saturated carbocycles. The highest BCUT2D eigenvalue weighted by molar-refractivity contribution is 7.09. The van der Waals surface area contributed by atoms with Gasteiger partial charge in [-0.15, -0.1) is 11.3 Å². The van der Waals surface area contributed by atoms with E-state index < -0.39 is 0 Å². The molecule has 1 atom stereocenters. The van der Waals surface area contributed by atoms with Crippen LogP contribution in [-0.2, 0) is 20.8 Å². The standard InChI is InChI=1S/C18H21FN2O3S/c1-13-20-15(12-25-13)9-21(16-6-4-14(19)5-7-16)18(22)11-23-10-17-3-2-8-24-17/h4-7,12,17H,2-3,8-11H2,1H3. The van der Waals surface area contributed by atoms with Gasteiger partial charge in [0.15, 0.2) is 0 Å². The molecule has 1 fully saturated rings. The minimum atomic E-state index is -0.338. The Bertz CT molecular complexity index is 699. The van der Waals surface area contributed by atoms with E-state index in [9.17, 15) is 9.18 Å². The number of rotatable bonds is 7. The van der Waals surface area contributed by atoms with Gasteiger partial charge in [0.1, 0.15) is 12.4 Å². The van der Waals surface area contributed by atoms with Gasteiger partial charge in [0.05, 0.1) is 30.0 Å². The highest BCUT2D eigenvalue weighted by atomic mass is 32.1. The molecule has 1 saturated heterocycles. The normalized spacial score (nSPS) is 17.0. The van der Waals surface area contributed by atoms with E-state index in [4.69, 9.17) is 9.47 Å². The maximum atomic E-state index is 13.2. The number of amides is 1. The first-order valence-corrected chi connectivity index (χ1v) is 9.16. The van der Waals surface area contributed by atoms with Crippen molar-refractivity contribution in [3.8, 4) is 0 Å². The number of nitrogens with zero attached hydrogens (tertiary/aromatic N) is 2. The van der Waals surface area contributed by atoms with Crippen molar-refractivity contribution in [1.82, 2.24) is 4.98 Å². The van der Waals surface area contributed by atoms with Crippen molar-refractivity contribution in [2.45, 2.75) is 32.4 Å². The Kier molecular flexibility index (Phi) is 6.12. The molecular weight excluding hydrogens is 343 g/mol. The second-order valence-electron chi connectivity index (χ2n) is 5.96. The first-order chi connectivity index (χ1) is 12.1. The molecule has 0 aliphatic carbocycles. The maximum Gasteiger partial charge on any atom is 0.253 e. The van der Waals surface area contributed by atoms with E-state index in [1.165, 1.54) is 23.5 Å². The zero-order chi connectivity index (χ0) is 17.6. The molecule has 0 bridgehead atoms. The van der Waals surface area contributed by atoms with E-state index in [1.807, 2.05) is 12.3 Å². The number of halogens is 1. The van der Waals surface area contributed by atoms with Crippen LogP contribution in [0.5, 0.6) is 0 Å². The number of hydrogen-bond donors (Lipinski definition) is 0. The lowest BCUT2D eigenvalue weighted by atomic mass is 10.2. The summed E-state index contributed by atoms with van der Waals surface area (Å²) in [6.07, 6.45) is 2.08. The summed E-state index contributed by atoms with van der Waals surface area (Å²) in [5, 5.41) is 2.86. The molecule has 134 valence electrons. The number of aryl methyl sites for hydroxylation is 1. The van der Waals surface area contributed by atoms with Crippen LogP contribution >= 0.6 is 11.3 Å². The molecule has 2 heterocycles. The lowest BCUT2D eigenvalue weighted by Crippen LogP contribution is -2.34. The molecule has 1 amide bonds. The van der Waals surface area contributed by atoms with E-state index in [0.29, 0.717) is 18.8 Å². The van der Waals surface area contributed by atoms with Crippen LogP contribution in [0.1, 0.15) is 23.5 Å². The highest BCUT2D eigenvalue weighted by Gasteiger charge is 2.20. The lowest BCUT2D eigenvalue weighted by Gasteiger charge is -2.22. The average molecular weight is 364 g/mol. The summed E-state index contributed by atoms with van der Waals surface area (Å²) in [6, 6.07) is 5.86. The van der Waals surface area contributed by atoms with E-state index >= 15 is 0 Å². The van der Waals surface area contributed by atoms with Gasteiger partial charge in [-0.2, -0.15) is 0 Å². The van der Waals surface area contributed by atoms with Gasteiger partial charge in [-0.05, 0) is 44.0 Å². The van der Waals surface area contributed by atoms with Crippen molar-refractivity contribution >= 4 is 22.9 Å². The number of benzene rings is 1. The third-order valence-electron chi connectivity index (χ3n) is 3.98. The van der Waals surface area contributed by atoms with E-state index in [2.05, 4.69) is 4.98 Å². The molecule has 5 nitrogen and oxygen atoms in total. The van der Waals surface area contributed by atoms with Gasteiger partial charge in [-0.3, -0.25) is 4.79 Å². The summed E-state index contributed by atoms with van der Waals surface area (Å²) in [4.78, 5) is 18.6. The van der Waals surface area contributed by atoms with Gasteiger partial charge in [0, 0.05) is 17.7 Å².